The molecule has 0 N–H and O–H groups in total. The number of rotatable bonds is 5. The normalized spacial score (nSPS) is 11.8. The number of hydrogen-bond donors (Lipinski definition) is 0. The molecule has 1 aromatic rings. The Kier molecular flexibility index (Phi) is 5.89. The average molecular weight is 281 g/mol. The van der Waals surface area contributed by atoms with E-state index >= 15 is 0 Å². The summed E-state index contributed by atoms with van der Waals surface area (Å²) < 4.78 is 4.73. The van der Waals surface area contributed by atoms with E-state index in [0.717, 1.165) is 5.75 Å². The smallest absolute Gasteiger partial charge is 0.339 e. The standard InChI is InChI=1S/C14H19NO3S/c1-10(9-19-4)13(16)15(2)12-8-6-5-7-11(12)14(17)18-3/h5-8,10H,9H2,1-4H3. The molecule has 0 aliphatic heterocycles. The van der Waals surface area contributed by atoms with Crippen molar-refractivity contribution < 1.29 is 14.3 Å². The maximum atomic E-state index is 12.3. The van der Waals surface area contributed by atoms with Crippen molar-refractivity contribution >= 4 is 29.3 Å². The summed E-state index contributed by atoms with van der Waals surface area (Å²) in [6.07, 6.45) is 1.96. The van der Waals surface area contributed by atoms with Gasteiger partial charge in [-0.25, -0.2) is 4.79 Å². The lowest BCUT2D eigenvalue weighted by Gasteiger charge is -2.22. The van der Waals surface area contributed by atoms with Gasteiger partial charge in [0.1, 0.15) is 0 Å². The van der Waals surface area contributed by atoms with Crippen LogP contribution >= 0.6 is 11.8 Å². The number of thioether (sulfide) groups is 1. The molecule has 1 unspecified atom stereocenters. The summed E-state index contributed by atoms with van der Waals surface area (Å²) >= 11 is 1.63. The van der Waals surface area contributed by atoms with Gasteiger partial charge in [-0.2, -0.15) is 11.8 Å². The number of anilines is 1. The maximum Gasteiger partial charge on any atom is 0.339 e. The van der Waals surface area contributed by atoms with Gasteiger partial charge in [0, 0.05) is 18.7 Å². The Morgan fingerprint density at radius 2 is 2.00 bits per heavy atom. The molecule has 19 heavy (non-hydrogen) atoms. The van der Waals surface area contributed by atoms with Gasteiger partial charge in [-0.05, 0) is 18.4 Å². The van der Waals surface area contributed by atoms with Crippen LogP contribution in [0.2, 0.25) is 0 Å². The molecule has 0 aromatic heterocycles. The highest BCUT2D eigenvalue weighted by atomic mass is 32.2. The number of methoxy groups -OCH3 is 1. The first-order chi connectivity index (χ1) is 9.02. The average Bonchev–Trinajstić information content (AvgIpc) is 2.45. The van der Waals surface area contributed by atoms with Crippen LogP contribution in [0.3, 0.4) is 0 Å². The Morgan fingerprint density at radius 1 is 1.37 bits per heavy atom. The van der Waals surface area contributed by atoms with Crippen LogP contribution in [0.1, 0.15) is 17.3 Å². The number of benzene rings is 1. The maximum absolute atomic E-state index is 12.3. The van der Waals surface area contributed by atoms with Crippen molar-refractivity contribution in [1.29, 1.82) is 0 Å². The van der Waals surface area contributed by atoms with E-state index in [0.29, 0.717) is 11.3 Å². The van der Waals surface area contributed by atoms with Crippen LogP contribution in [0.25, 0.3) is 0 Å². The zero-order valence-electron chi connectivity index (χ0n) is 11.7. The van der Waals surface area contributed by atoms with Gasteiger partial charge in [0.15, 0.2) is 0 Å². The molecule has 4 nitrogen and oxygen atoms in total. The molecule has 0 aliphatic carbocycles. The van der Waals surface area contributed by atoms with E-state index in [4.69, 9.17) is 4.74 Å². The van der Waals surface area contributed by atoms with E-state index < -0.39 is 5.97 Å². The van der Waals surface area contributed by atoms with Gasteiger partial charge in [0.2, 0.25) is 5.91 Å². The molecule has 0 saturated carbocycles. The lowest BCUT2D eigenvalue weighted by molar-refractivity contribution is -0.120. The number of carbonyl (C=O) groups excluding carboxylic acids is 2. The van der Waals surface area contributed by atoms with Crippen LogP contribution < -0.4 is 4.90 Å². The third kappa shape index (κ3) is 3.73. The number of hydrogen-bond acceptors (Lipinski definition) is 4. The predicted octanol–water partition coefficient (Wildman–Crippen LogP) is 2.44. The molecule has 1 rings (SSSR count). The van der Waals surface area contributed by atoms with Crippen molar-refractivity contribution in [1.82, 2.24) is 0 Å². The molecule has 1 atom stereocenters. The van der Waals surface area contributed by atoms with Gasteiger partial charge in [-0.1, -0.05) is 19.1 Å². The molecule has 1 amide bonds. The van der Waals surface area contributed by atoms with Gasteiger partial charge < -0.3 is 9.64 Å². The van der Waals surface area contributed by atoms with Crippen molar-refractivity contribution in [2.75, 3.05) is 31.1 Å². The molecule has 0 fully saturated rings. The Labute approximate surface area is 118 Å². The Bertz CT molecular complexity index is 462. The molecule has 0 radical (unpaired) electrons. The van der Waals surface area contributed by atoms with E-state index in [1.807, 2.05) is 13.2 Å². The van der Waals surface area contributed by atoms with Gasteiger partial charge >= 0.3 is 5.97 Å². The van der Waals surface area contributed by atoms with Crippen LogP contribution in [-0.2, 0) is 9.53 Å². The van der Waals surface area contributed by atoms with Crippen molar-refractivity contribution in [3.05, 3.63) is 29.8 Å². The second-order valence-corrected chi connectivity index (χ2v) is 5.17. The summed E-state index contributed by atoms with van der Waals surface area (Å²) in [5.41, 5.74) is 0.976. The number of nitrogens with zero attached hydrogens (tertiary/aromatic N) is 1. The largest absolute Gasteiger partial charge is 0.465 e. The first-order valence-corrected chi connectivity index (χ1v) is 7.36. The SMILES string of the molecule is COC(=O)c1ccccc1N(C)C(=O)C(C)CSC. The third-order valence-corrected chi connectivity index (χ3v) is 3.67. The lowest BCUT2D eigenvalue weighted by Crippen LogP contribution is -2.33. The molecular formula is C14H19NO3S. The molecule has 0 saturated heterocycles. The monoisotopic (exact) mass is 281 g/mol. The van der Waals surface area contributed by atoms with Crippen LogP contribution in [0, 0.1) is 5.92 Å². The quantitative estimate of drug-likeness (QED) is 0.778. The van der Waals surface area contributed by atoms with E-state index in [2.05, 4.69) is 0 Å². The second-order valence-electron chi connectivity index (χ2n) is 4.26. The van der Waals surface area contributed by atoms with Gasteiger partial charge in [0.05, 0.1) is 18.4 Å². The molecular weight excluding hydrogens is 262 g/mol. The fourth-order valence-electron chi connectivity index (χ4n) is 1.82. The number of para-hydroxylation sites is 1. The van der Waals surface area contributed by atoms with Gasteiger partial charge in [-0.3, -0.25) is 4.79 Å². The Hall–Kier alpha value is -1.49. The third-order valence-electron chi connectivity index (χ3n) is 2.84. The van der Waals surface area contributed by atoms with E-state index in [1.165, 1.54) is 12.0 Å². The first-order valence-electron chi connectivity index (χ1n) is 5.96. The number of ether oxygens (including phenoxy) is 1. The van der Waals surface area contributed by atoms with Crippen LogP contribution in [-0.4, -0.2) is 38.0 Å². The summed E-state index contributed by atoms with van der Waals surface area (Å²) in [6, 6.07) is 6.95. The molecule has 0 bridgehead atoms. The minimum atomic E-state index is -0.437. The highest BCUT2D eigenvalue weighted by Gasteiger charge is 2.22. The van der Waals surface area contributed by atoms with E-state index in [-0.39, 0.29) is 11.8 Å². The van der Waals surface area contributed by atoms with Crippen LogP contribution in [0.5, 0.6) is 0 Å². The van der Waals surface area contributed by atoms with Crippen molar-refractivity contribution in [2.45, 2.75) is 6.92 Å². The van der Waals surface area contributed by atoms with Gasteiger partial charge in [0.25, 0.3) is 0 Å². The zero-order chi connectivity index (χ0) is 14.4. The molecule has 0 heterocycles. The fourth-order valence-corrected chi connectivity index (χ4v) is 2.46. The number of esters is 1. The summed E-state index contributed by atoms with van der Waals surface area (Å²) in [5.74, 6) is 0.216. The molecule has 1 aromatic carbocycles. The van der Waals surface area contributed by atoms with E-state index in [9.17, 15) is 9.59 Å². The molecule has 0 spiro atoms. The molecule has 104 valence electrons. The highest BCUT2D eigenvalue weighted by Crippen LogP contribution is 2.22. The highest BCUT2D eigenvalue weighted by molar-refractivity contribution is 7.98. The first kappa shape index (κ1) is 15.6. The number of amides is 1. The lowest BCUT2D eigenvalue weighted by atomic mass is 10.1. The van der Waals surface area contributed by atoms with Crippen molar-refractivity contribution in [3.8, 4) is 0 Å². The summed E-state index contributed by atoms with van der Waals surface area (Å²) in [5, 5.41) is 0. The fraction of sp³-hybridized carbons (Fsp3) is 0.429. The second kappa shape index (κ2) is 7.19. The summed E-state index contributed by atoms with van der Waals surface area (Å²) in [4.78, 5) is 25.5. The topological polar surface area (TPSA) is 46.6 Å². The van der Waals surface area contributed by atoms with Crippen molar-refractivity contribution in [2.24, 2.45) is 5.92 Å². The summed E-state index contributed by atoms with van der Waals surface area (Å²) in [6.45, 7) is 1.89. The van der Waals surface area contributed by atoms with E-state index in [1.54, 1.807) is 43.1 Å². The van der Waals surface area contributed by atoms with Crippen LogP contribution in [0.4, 0.5) is 5.69 Å². The number of carbonyl (C=O) groups is 2. The minimum absolute atomic E-state index is 0.00861. The Balaban J connectivity index is 3.02. The summed E-state index contributed by atoms with van der Waals surface area (Å²) in [7, 11) is 3.01. The zero-order valence-corrected chi connectivity index (χ0v) is 12.5. The van der Waals surface area contributed by atoms with Crippen molar-refractivity contribution in [3.63, 3.8) is 0 Å². The minimum Gasteiger partial charge on any atom is -0.465 e. The molecule has 5 heteroatoms. The van der Waals surface area contributed by atoms with Crippen LogP contribution in [0.15, 0.2) is 24.3 Å². The Morgan fingerprint density at radius 3 is 2.58 bits per heavy atom. The van der Waals surface area contributed by atoms with Gasteiger partial charge in [-0.15, -0.1) is 0 Å². The predicted molar refractivity (Wildman–Crippen MR) is 78.7 cm³/mol. The molecule has 0 aliphatic rings.